The van der Waals surface area contributed by atoms with Gasteiger partial charge in [0, 0.05) is 7.11 Å². The fraction of sp³-hybridized carbons (Fsp3) is 0.500. The van der Waals surface area contributed by atoms with Crippen LogP contribution in [0.4, 0.5) is 5.69 Å². The molecule has 0 aliphatic heterocycles. The van der Waals surface area contributed by atoms with E-state index in [1.54, 1.807) is 32.0 Å². The number of anilines is 1. The van der Waals surface area contributed by atoms with Crippen LogP contribution in [0.2, 0.25) is 0 Å². The van der Waals surface area contributed by atoms with E-state index in [2.05, 4.69) is 5.32 Å². The molecule has 0 radical (unpaired) electrons. The number of benzene rings is 1. The van der Waals surface area contributed by atoms with Crippen LogP contribution in [-0.4, -0.2) is 43.3 Å². The molecule has 0 fully saturated rings. The largest absolute Gasteiger partial charge is 0.481 e. The standard InChI is InChI=1S/C18H25NO6/c1-5-11(15(17(21)22)14(6-2)24-3)16(20)19-13-10-8-7-9-12(13)18(23)25-4/h7-11,14-15H,5-6H2,1-4H3,(H,19,20)(H,21,22). The van der Waals surface area contributed by atoms with E-state index in [1.807, 2.05) is 0 Å². The predicted octanol–water partition coefficient (Wildman–Crippen LogP) is 2.56. The number of carbonyl (C=O) groups excluding carboxylic acids is 2. The summed E-state index contributed by atoms with van der Waals surface area (Å²) in [7, 11) is 2.68. The predicted molar refractivity (Wildman–Crippen MR) is 92.4 cm³/mol. The lowest BCUT2D eigenvalue weighted by molar-refractivity contribution is -0.153. The Morgan fingerprint density at radius 1 is 1.12 bits per heavy atom. The highest BCUT2D eigenvalue weighted by atomic mass is 16.5. The second-order valence-corrected chi connectivity index (χ2v) is 5.59. The molecule has 3 atom stereocenters. The highest BCUT2D eigenvalue weighted by molar-refractivity contribution is 6.02. The van der Waals surface area contributed by atoms with Gasteiger partial charge < -0.3 is 19.9 Å². The molecule has 0 heterocycles. The normalized spacial score (nSPS) is 14.2. The summed E-state index contributed by atoms with van der Waals surface area (Å²) in [6.07, 6.45) is 0.211. The van der Waals surface area contributed by atoms with Crippen LogP contribution < -0.4 is 5.32 Å². The molecule has 0 aromatic heterocycles. The number of amides is 1. The molecule has 0 saturated heterocycles. The van der Waals surface area contributed by atoms with Gasteiger partial charge in [-0.2, -0.15) is 0 Å². The van der Waals surface area contributed by atoms with Crippen LogP contribution in [0, 0.1) is 11.8 Å². The van der Waals surface area contributed by atoms with Crippen molar-refractivity contribution in [3.05, 3.63) is 29.8 Å². The lowest BCUT2D eigenvalue weighted by Crippen LogP contribution is -2.41. The van der Waals surface area contributed by atoms with Crippen LogP contribution >= 0.6 is 0 Å². The van der Waals surface area contributed by atoms with Gasteiger partial charge in [-0.25, -0.2) is 4.79 Å². The summed E-state index contributed by atoms with van der Waals surface area (Å²) in [5.41, 5.74) is 0.492. The molecule has 1 rings (SSSR count). The van der Waals surface area contributed by atoms with Crippen LogP contribution in [0.5, 0.6) is 0 Å². The quantitative estimate of drug-likeness (QED) is 0.663. The number of esters is 1. The van der Waals surface area contributed by atoms with E-state index < -0.39 is 35.8 Å². The van der Waals surface area contributed by atoms with E-state index in [0.717, 1.165) is 0 Å². The van der Waals surface area contributed by atoms with E-state index >= 15 is 0 Å². The number of methoxy groups -OCH3 is 2. The van der Waals surface area contributed by atoms with Gasteiger partial charge in [0.15, 0.2) is 0 Å². The second kappa shape index (κ2) is 9.78. The topological polar surface area (TPSA) is 102 Å². The molecule has 0 saturated carbocycles. The molecule has 0 aliphatic carbocycles. The highest BCUT2D eigenvalue weighted by Crippen LogP contribution is 2.26. The fourth-order valence-electron chi connectivity index (χ4n) is 2.87. The van der Waals surface area contributed by atoms with E-state index in [-0.39, 0.29) is 11.3 Å². The van der Waals surface area contributed by atoms with Crippen LogP contribution in [0.1, 0.15) is 37.0 Å². The van der Waals surface area contributed by atoms with Gasteiger partial charge in [-0.05, 0) is 25.0 Å². The molecule has 1 amide bonds. The molecular weight excluding hydrogens is 326 g/mol. The number of carboxylic acid groups (broad SMARTS) is 1. The Hall–Kier alpha value is -2.41. The van der Waals surface area contributed by atoms with Crippen molar-refractivity contribution in [2.75, 3.05) is 19.5 Å². The molecule has 0 bridgehead atoms. The monoisotopic (exact) mass is 351 g/mol. The van der Waals surface area contributed by atoms with Crippen molar-refractivity contribution in [3.63, 3.8) is 0 Å². The first-order valence-electron chi connectivity index (χ1n) is 8.14. The maximum Gasteiger partial charge on any atom is 0.339 e. The number of hydrogen-bond donors (Lipinski definition) is 2. The van der Waals surface area contributed by atoms with Crippen molar-refractivity contribution in [2.45, 2.75) is 32.8 Å². The van der Waals surface area contributed by atoms with Gasteiger partial charge in [0.1, 0.15) is 0 Å². The maximum atomic E-state index is 12.7. The first kappa shape index (κ1) is 20.6. The third-order valence-electron chi connectivity index (χ3n) is 4.19. The second-order valence-electron chi connectivity index (χ2n) is 5.59. The summed E-state index contributed by atoms with van der Waals surface area (Å²) in [6.45, 7) is 3.55. The summed E-state index contributed by atoms with van der Waals surface area (Å²) < 4.78 is 9.95. The number of nitrogens with one attached hydrogen (secondary N) is 1. The van der Waals surface area contributed by atoms with Crippen LogP contribution in [0.3, 0.4) is 0 Å². The van der Waals surface area contributed by atoms with E-state index in [0.29, 0.717) is 12.8 Å². The van der Waals surface area contributed by atoms with Crippen molar-refractivity contribution < 1.29 is 29.0 Å². The number of para-hydroxylation sites is 1. The van der Waals surface area contributed by atoms with Gasteiger partial charge in [0.05, 0.1) is 36.3 Å². The molecule has 7 heteroatoms. The van der Waals surface area contributed by atoms with Crippen molar-refractivity contribution in [1.82, 2.24) is 0 Å². The Bertz CT molecular complexity index is 611. The molecule has 2 N–H and O–H groups in total. The minimum Gasteiger partial charge on any atom is -0.481 e. The van der Waals surface area contributed by atoms with Gasteiger partial charge in [0.2, 0.25) is 5.91 Å². The number of aliphatic carboxylic acids is 1. The molecule has 1 aromatic rings. The maximum absolute atomic E-state index is 12.7. The van der Waals surface area contributed by atoms with Gasteiger partial charge in [-0.15, -0.1) is 0 Å². The molecule has 7 nitrogen and oxygen atoms in total. The lowest BCUT2D eigenvalue weighted by Gasteiger charge is -2.28. The van der Waals surface area contributed by atoms with Crippen molar-refractivity contribution in [3.8, 4) is 0 Å². The molecule has 138 valence electrons. The Morgan fingerprint density at radius 3 is 2.24 bits per heavy atom. The van der Waals surface area contributed by atoms with Crippen molar-refractivity contribution in [2.24, 2.45) is 11.8 Å². The average molecular weight is 351 g/mol. The molecule has 0 aliphatic rings. The summed E-state index contributed by atoms with van der Waals surface area (Å²) in [6, 6.07) is 6.42. The van der Waals surface area contributed by atoms with Gasteiger partial charge >= 0.3 is 11.9 Å². The molecule has 1 aromatic carbocycles. The van der Waals surface area contributed by atoms with Crippen molar-refractivity contribution in [1.29, 1.82) is 0 Å². The number of carboxylic acids is 1. The lowest BCUT2D eigenvalue weighted by atomic mass is 9.83. The van der Waals surface area contributed by atoms with E-state index in [4.69, 9.17) is 9.47 Å². The third-order valence-corrected chi connectivity index (χ3v) is 4.19. The number of hydrogen-bond acceptors (Lipinski definition) is 5. The van der Waals surface area contributed by atoms with E-state index in [9.17, 15) is 19.5 Å². The van der Waals surface area contributed by atoms with Gasteiger partial charge in [-0.3, -0.25) is 9.59 Å². The van der Waals surface area contributed by atoms with E-state index in [1.165, 1.54) is 20.3 Å². The third kappa shape index (κ3) is 5.03. The number of ether oxygens (including phenoxy) is 2. The molecule has 25 heavy (non-hydrogen) atoms. The fourth-order valence-corrected chi connectivity index (χ4v) is 2.87. The number of carbonyl (C=O) groups is 3. The first-order valence-corrected chi connectivity index (χ1v) is 8.14. The van der Waals surface area contributed by atoms with Crippen LogP contribution in [0.25, 0.3) is 0 Å². The Kier molecular flexibility index (Phi) is 8.07. The van der Waals surface area contributed by atoms with Gasteiger partial charge in [0.25, 0.3) is 0 Å². The Balaban J connectivity index is 3.11. The van der Waals surface area contributed by atoms with Crippen LogP contribution in [-0.2, 0) is 19.1 Å². The zero-order valence-corrected chi connectivity index (χ0v) is 14.9. The zero-order valence-electron chi connectivity index (χ0n) is 14.9. The number of rotatable bonds is 9. The smallest absolute Gasteiger partial charge is 0.339 e. The highest BCUT2D eigenvalue weighted by Gasteiger charge is 2.38. The molecular formula is C18H25NO6. The minimum absolute atomic E-state index is 0.207. The Labute approximate surface area is 147 Å². The van der Waals surface area contributed by atoms with Crippen molar-refractivity contribution >= 4 is 23.5 Å². The summed E-state index contributed by atoms with van der Waals surface area (Å²) in [5, 5.41) is 12.2. The summed E-state index contributed by atoms with van der Waals surface area (Å²) in [5.74, 6) is -3.92. The Morgan fingerprint density at radius 2 is 1.76 bits per heavy atom. The molecule has 3 unspecified atom stereocenters. The average Bonchev–Trinajstić information content (AvgIpc) is 2.61. The first-order chi connectivity index (χ1) is 11.9. The zero-order chi connectivity index (χ0) is 19.0. The SMILES string of the molecule is CCC(OC)C(C(=O)O)C(CC)C(=O)Nc1ccccc1C(=O)OC. The summed E-state index contributed by atoms with van der Waals surface area (Å²) >= 11 is 0. The minimum atomic E-state index is -1.09. The van der Waals surface area contributed by atoms with Crippen LogP contribution in [0.15, 0.2) is 24.3 Å². The molecule has 0 spiro atoms. The van der Waals surface area contributed by atoms with Gasteiger partial charge in [-0.1, -0.05) is 26.0 Å². The summed E-state index contributed by atoms with van der Waals surface area (Å²) in [4.78, 5) is 36.2.